The zero-order valence-electron chi connectivity index (χ0n) is 12.0. The highest BCUT2D eigenvalue weighted by molar-refractivity contribution is 7.07. The fraction of sp³-hybridized carbons (Fsp3) is 0.600. The van der Waals surface area contributed by atoms with Crippen molar-refractivity contribution in [3.05, 3.63) is 22.4 Å². The lowest BCUT2D eigenvalue weighted by molar-refractivity contribution is -0.122. The Morgan fingerprint density at radius 3 is 3.05 bits per heavy atom. The summed E-state index contributed by atoms with van der Waals surface area (Å²) < 4.78 is 0. The third-order valence-corrected chi connectivity index (χ3v) is 4.98. The van der Waals surface area contributed by atoms with Crippen molar-refractivity contribution in [2.24, 2.45) is 0 Å². The van der Waals surface area contributed by atoms with Crippen LogP contribution in [0.2, 0.25) is 0 Å². The van der Waals surface area contributed by atoms with Crippen molar-refractivity contribution in [2.45, 2.75) is 44.2 Å². The summed E-state index contributed by atoms with van der Waals surface area (Å²) in [6.45, 7) is 1.48. The highest BCUT2D eigenvalue weighted by Gasteiger charge is 2.32. The van der Waals surface area contributed by atoms with Crippen LogP contribution in [0.4, 0.5) is 4.79 Å². The van der Waals surface area contributed by atoms with Crippen LogP contribution in [-0.4, -0.2) is 36.0 Å². The first-order valence-corrected chi connectivity index (χ1v) is 8.57. The second-order valence-electron chi connectivity index (χ2n) is 5.70. The molecule has 0 radical (unpaired) electrons. The highest BCUT2D eigenvalue weighted by Crippen LogP contribution is 2.33. The maximum absolute atomic E-state index is 12.5. The minimum absolute atomic E-state index is 0.0490. The van der Waals surface area contributed by atoms with Crippen molar-refractivity contribution in [1.82, 2.24) is 15.5 Å². The van der Waals surface area contributed by atoms with Gasteiger partial charge in [-0.2, -0.15) is 11.3 Å². The molecule has 3 amide bonds. The van der Waals surface area contributed by atoms with E-state index in [0.29, 0.717) is 6.54 Å². The van der Waals surface area contributed by atoms with Gasteiger partial charge in [0.15, 0.2) is 0 Å². The first-order valence-electron chi connectivity index (χ1n) is 7.62. The number of hydrogen-bond donors (Lipinski definition) is 2. The topological polar surface area (TPSA) is 61.4 Å². The molecular weight excluding hydrogens is 286 g/mol. The van der Waals surface area contributed by atoms with E-state index in [2.05, 4.69) is 22.1 Å². The van der Waals surface area contributed by atoms with Crippen molar-refractivity contribution in [3.63, 3.8) is 0 Å². The van der Waals surface area contributed by atoms with Gasteiger partial charge in [-0.15, -0.1) is 0 Å². The summed E-state index contributed by atoms with van der Waals surface area (Å²) in [5, 5.41) is 9.93. The molecule has 3 heterocycles. The predicted octanol–water partition coefficient (Wildman–Crippen LogP) is 2.26. The van der Waals surface area contributed by atoms with E-state index in [0.717, 1.165) is 38.6 Å². The van der Waals surface area contributed by atoms with Gasteiger partial charge in [-0.05, 0) is 54.5 Å². The summed E-state index contributed by atoms with van der Waals surface area (Å²) >= 11 is 1.66. The molecule has 0 spiro atoms. The number of likely N-dealkylation sites (tertiary alicyclic amines) is 1. The normalized spacial score (nSPS) is 26.3. The van der Waals surface area contributed by atoms with Gasteiger partial charge in [0.05, 0.1) is 6.04 Å². The van der Waals surface area contributed by atoms with E-state index < -0.39 is 0 Å². The molecule has 2 N–H and O–H groups in total. The molecule has 2 fully saturated rings. The van der Waals surface area contributed by atoms with Crippen LogP contribution in [0.25, 0.3) is 0 Å². The first kappa shape index (κ1) is 14.4. The van der Waals surface area contributed by atoms with E-state index in [-0.39, 0.29) is 24.0 Å². The fourth-order valence-corrected chi connectivity index (χ4v) is 3.84. The van der Waals surface area contributed by atoms with E-state index in [1.54, 1.807) is 11.3 Å². The van der Waals surface area contributed by atoms with Crippen molar-refractivity contribution in [3.8, 4) is 0 Å². The molecule has 114 valence electrons. The summed E-state index contributed by atoms with van der Waals surface area (Å²) in [6, 6.07) is 1.75. The third kappa shape index (κ3) is 3.20. The molecule has 2 saturated heterocycles. The molecule has 1 aromatic rings. The smallest absolute Gasteiger partial charge is 0.318 e. The standard InChI is InChI=1S/C15H21N3O2S/c19-14-12(4-1-2-7-16-14)17-15(20)18-8-3-5-13(18)11-6-9-21-10-11/h6,9-10,12-13H,1-5,7-8H2,(H,16,19)(H,17,20)/t12-,13-/m1/s1. The quantitative estimate of drug-likeness (QED) is 0.880. The van der Waals surface area contributed by atoms with E-state index in [9.17, 15) is 9.59 Å². The zero-order chi connectivity index (χ0) is 14.7. The van der Waals surface area contributed by atoms with Gasteiger partial charge >= 0.3 is 6.03 Å². The number of amides is 3. The van der Waals surface area contributed by atoms with E-state index in [1.807, 2.05) is 10.3 Å². The van der Waals surface area contributed by atoms with Gasteiger partial charge in [0.1, 0.15) is 6.04 Å². The summed E-state index contributed by atoms with van der Waals surface area (Å²) in [5.74, 6) is -0.0490. The van der Waals surface area contributed by atoms with Crippen LogP contribution in [0.15, 0.2) is 16.8 Å². The van der Waals surface area contributed by atoms with Gasteiger partial charge in [0.2, 0.25) is 5.91 Å². The maximum Gasteiger partial charge on any atom is 0.318 e. The molecule has 0 bridgehead atoms. The number of carbonyl (C=O) groups is 2. The van der Waals surface area contributed by atoms with Crippen LogP contribution in [0.5, 0.6) is 0 Å². The molecule has 2 aliphatic heterocycles. The molecule has 0 unspecified atom stereocenters. The number of nitrogens with one attached hydrogen (secondary N) is 2. The molecule has 0 aromatic carbocycles. The molecule has 2 atom stereocenters. The number of urea groups is 1. The number of nitrogens with zero attached hydrogens (tertiary/aromatic N) is 1. The van der Waals surface area contributed by atoms with Crippen LogP contribution < -0.4 is 10.6 Å². The number of rotatable bonds is 2. The summed E-state index contributed by atoms with van der Waals surface area (Å²) in [7, 11) is 0. The average Bonchev–Trinajstić information content (AvgIpc) is 3.12. The van der Waals surface area contributed by atoms with E-state index in [4.69, 9.17) is 0 Å². The Labute approximate surface area is 128 Å². The van der Waals surface area contributed by atoms with Crippen molar-refractivity contribution >= 4 is 23.3 Å². The summed E-state index contributed by atoms with van der Waals surface area (Å²) in [4.78, 5) is 26.3. The molecule has 21 heavy (non-hydrogen) atoms. The van der Waals surface area contributed by atoms with E-state index in [1.165, 1.54) is 5.56 Å². The van der Waals surface area contributed by atoms with Crippen molar-refractivity contribution in [1.29, 1.82) is 0 Å². The molecule has 5 nitrogen and oxygen atoms in total. The Hall–Kier alpha value is -1.56. The molecule has 1 aromatic heterocycles. The summed E-state index contributed by atoms with van der Waals surface area (Å²) in [6.07, 6.45) is 4.71. The van der Waals surface area contributed by atoms with Gasteiger partial charge in [0.25, 0.3) is 0 Å². The minimum Gasteiger partial charge on any atom is -0.354 e. The van der Waals surface area contributed by atoms with Crippen LogP contribution in [0, 0.1) is 0 Å². The molecule has 0 aliphatic carbocycles. The second-order valence-corrected chi connectivity index (χ2v) is 6.48. The van der Waals surface area contributed by atoms with Gasteiger partial charge in [-0.25, -0.2) is 4.79 Å². The third-order valence-electron chi connectivity index (χ3n) is 4.27. The van der Waals surface area contributed by atoms with Gasteiger partial charge < -0.3 is 15.5 Å². The maximum atomic E-state index is 12.5. The second kappa shape index (κ2) is 6.47. The number of carbonyl (C=O) groups excluding carboxylic acids is 2. The fourth-order valence-electron chi connectivity index (χ4n) is 3.13. The lowest BCUT2D eigenvalue weighted by Gasteiger charge is -2.26. The number of hydrogen-bond acceptors (Lipinski definition) is 3. The van der Waals surface area contributed by atoms with Crippen molar-refractivity contribution < 1.29 is 9.59 Å². The average molecular weight is 307 g/mol. The largest absolute Gasteiger partial charge is 0.354 e. The lowest BCUT2D eigenvalue weighted by atomic mass is 10.1. The first-order chi connectivity index (χ1) is 10.3. The van der Waals surface area contributed by atoms with E-state index >= 15 is 0 Å². The molecule has 2 aliphatic rings. The van der Waals surface area contributed by atoms with Crippen LogP contribution in [-0.2, 0) is 4.79 Å². The molecule has 0 saturated carbocycles. The molecule has 3 rings (SSSR count). The Kier molecular flexibility index (Phi) is 4.43. The van der Waals surface area contributed by atoms with Crippen LogP contribution in [0.1, 0.15) is 43.7 Å². The number of thiophene rings is 1. The Bertz CT molecular complexity index is 503. The Balaban J connectivity index is 1.65. The minimum atomic E-state index is -0.385. The Morgan fingerprint density at radius 1 is 1.33 bits per heavy atom. The molecule has 6 heteroatoms. The summed E-state index contributed by atoms with van der Waals surface area (Å²) in [5.41, 5.74) is 1.21. The molecular formula is C15H21N3O2S. The van der Waals surface area contributed by atoms with Crippen LogP contribution in [0.3, 0.4) is 0 Å². The van der Waals surface area contributed by atoms with Crippen LogP contribution >= 0.6 is 11.3 Å². The lowest BCUT2D eigenvalue weighted by Crippen LogP contribution is -2.50. The predicted molar refractivity (Wildman–Crippen MR) is 82.2 cm³/mol. The van der Waals surface area contributed by atoms with Gasteiger partial charge in [-0.3, -0.25) is 4.79 Å². The Morgan fingerprint density at radius 2 is 2.24 bits per heavy atom. The SMILES string of the molecule is O=C1NCCCC[C@H]1NC(=O)N1CCC[C@@H]1c1ccsc1. The van der Waals surface area contributed by atoms with Gasteiger partial charge in [0, 0.05) is 13.1 Å². The van der Waals surface area contributed by atoms with Gasteiger partial charge in [-0.1, -0.05) is 0 Å². The monoisotopic (exact) mass is 307 g/mol. The van der Waals surface area contributed by atoms with Crippen molar-refractivity contribution in [2.75, 3.05) is 13.1 Å². The highest BCUT2D eigenvalue weighted by atomic mass is 32.1. The zero-order valence-corrected chi connectivity index (χ0v) is 12.8.